The molecule has 1 saturated heterocycles. The summed E-state index contributed by atoms with van der Waals surface area (Å²) >= 11 is 0. The Hall–Kier alpha value is -1.88. The summed E-state index contributed by atoms with van der Waals surface area (Å²) in [7, 11) is 1.38. The van der Waals surface area contributed by atoms with Crippen LogP contribution < -0.4 is 0 Å². The Kier molecular flexibility index (Phi) is 5.55. The summed E-state index contributed by atoms with van der Waals surface area (Å²) in [5, 5.41) is 8.96. The van der Waals surface area contributed by atoms with Crippen LogP contribution in [0.4, 0.5) is 0 Å². The van der Waals surface area contributed by atoms with Crippen LogP contribution in [0.15, 0.2) is 24.3 Å². The minimum Gasteiger partial charge on any atom is -0.469 e. The highest BCUT2D eigenvalue weighted by Gasteiger charge is 2.34. The summed E-state index contributed by atoms with van der Waals surface area (Å²) in [4.78, 5) is 25.3. The molecule has 1 aliphatic heterocycles. The third kappa shape index (κ3) is 3.85. The van der Waals surface area contributed by atoms with E-state index < -0.39 is 0 Å². The van der Waals surface area contributed by atoms with E-state index in [1.807, 2.05) is 24.3 Å². The highest BCUT2D eigenvalue weighted by Crippen LogP contribution is 2.31. The van der Waals surface area contributed by atoms with E-state index in [2.05, 4.69) is 0 Å². The predicted molar refractivity (Wildman–Crippen MR) is 82.3 cm³/mol. The molecule has 2 rings (SSSR count). The van der Waals surface area contributed by atoms with Gasteiger partial charge in [-0.2, -0.15) is 0 Å². The molecule has 2 unspecified atom stereocenters. The molecule has 0 bridgehead atoms. The zero-order valence-electron chi connectivity index (χ0n) is 13.1. The molecule has 1 aromatic carbocycles. The molecule has 0 aromatic heterocycles. The first-order valence-corrected chi connectivity index (χ1v) is 7.58. The summed E-state index contributed by atoms with van der Waals surface area (Å²) in [6.07, 6.45) is 1.32. The van der Waals surface area contributed by atoms with E-state index in [0.717, 1.165) is 11.1 Å². The fourth-order valence-electron chi connectivity index (χ4n) is 3.02. The van der Waals surface area contributed by atoms with Gasteiger partial charge in [-0.05, 0) is 24.0 Å². The lowest BCUT2D eigenvalue weighted by molar-refractivity contribution is -0.149. The van der Waals surface area contributed by atoms with Gasteiger partial charge in [0.1, 0.15) is 0 Å². The van der Waals surface area contributed by atoms with Gasteiger partial charge in [0, 0.05) is 32.5 Å². The molecule has 0 saturated carbocycles. The third-order valence-electron chi connectivity index (χ3n) is 4.28. The van der Waals surface area contributed by atoms with E-state index in [-0.39, 0.29) is 30.3 Å². The van der Waals surface area contributed by atoms with Crippen LogP contribution in [-0.2, 0) is 20.7 Å². The molecule has 1 aromatic rings. The Morgan fingerprint density at radius 1 is 1.27 bits per heavy atom. The molecule has 1 heterocycles. The van der Waals surface area contributed by atoms with E-state index in [0.29, 0.717) is 25.9 Å². The molecular weight excluding hydrogens is 282 g/mol. The number of carbonyl (C=O) groups excluding carboxylic acids is 2. The molecule has 0 radical (unpaired) electrons. The molecule has 5 heteroatoms. The fraction of sp³-hybridized carbons (Fsp3) is 0.529. The lowest BCUT2D eigenvalue weighted by atomic mass is 9.84. The second kappa shape index (κ2) is 7.40. The van der Waals surface area contributed by atoms with Gasteiger partial charge in [-0.3, -0.25) is 9.59 Å². The normalized spacial score (nSPS) is 21.5. The van der Waals surface area contributed by atoms with Crippen molar-refractivity contribution in [3.8, 4) is 0 Å². The number of ether oxygens (including phenoxy) is 1. The lowest BCUT2D eigenvalue weighted by Gasteiger charge is -2.36. The molecule has 0 spiro atoms. The van der Waals surface area contributed by atoms with Crippen LogP contribution in [-0.4, -0.2) is 48.7 Å². The molecule has 22 heavy (non-hydrogen) atoms. The summed E-state index contributed by atoms with van der Waals surface area (Å²) in [5.41, 5.74) is 2.19. The number of hydrogen-bond acceptors (Lipinski definition) is 4. The minimum atomic E-state index is -0.273. The van der Waals surface area contributed by atoms with Crippen LogP contribution in [0, 0.1) is 5.92 Å². The van der Waals surface area contributed by atoms with Gasteiger partial charge in [-0.1, -0.05) is 24.3 Å². The Morgan fingerprint density at radius 2 is 1.95 bits per heavy atom. The highest BCUT2D eigenvalue weighted by molar-refractivity contribution is 5.77. The van der Waals surface area contributed by atoms with Gasteiger partial charge < -0.3 is 14.7 Å². The van der Waals surface area contributed by atoms with Gasteiger partial charge >= 0.3 is 5.97 Å². The van der Waals surface area contributed by atoms with Crippen molar-refractivity contribution >= 4 is 11.9 Å². The van der Waals surface area contributed by atoms with E-state index in [1.54, 1.807) is 4.90 Å². The Balaban J connectivity index is 2.16. The Bertz CT molecular complexity index is 526. The maximum atomic E-state index is 11.9. The molecule has 120 valence electrons. The van der Waals surface area contributed by atoms with Gasteiger partial charge in [-0.25, -0.2) is 0 Å². The first-order valence-electron chi connectivity index (χ1n) is 7.58. The molecular formula is C17H23NO4. The van der Waals surface area contributed by atoms with Crippen molar-refractivity contribution in [1.82, 2.24) is 4.90 Å². The molecule has 1 fully saturated rings. The number of hydrogen-bond donors (Lipinski definition) is 1. The third-order valence-corrected chi connectivity index (χ3v) is 4.28. The number of piperidine rings is 1. The van der Waals surface area contributed by atoms with Crippen LogP contribution in [0.2, 0.25) is 0 Å². The number of aliphatic hydroxyl groups excluding tert-OH is 1. The number of esters is 1. The first-order chi connectivity index (χ1) is 10.5. The molecule has 2 atom stereocenters. The van der Waals surface area contributed by atoms with Crippen LogP contribution in [0.3, 0.4) is 0 Å². The highest BCUT2D eigenvalue weighted by atomic mass is 16.5. The number of benzene rings is 1. The fourth-order valence-corrected chi connectivity index (χ4v) is 3.02. The summed E-state index contributed by atoms with van der Waals surface area (Å²) < 4.78 is 4.85. The van der Waals surface area contributed by atoms with E-state index >= 15 is 0 Å². The number of rotatable bonds is 4. The van der Waals surface area contributed by atoms with Gasteiger partial charge in [0.25, 0.3) is 0 Å². The van der Waals surface area contributed by atoms with E-state index in [4.69, 9.17) is 9.84 Å². The Morgan fingerprint density at radius 3 is 2.50 bits per heavy atom. The van der Waals surface area contributed by atoms with Crippen molar-refractivity contribution in [2.45, 2.75) is 25.7 Å². The molecule has 1 amide bonds. The van der Waals surface area contributed by atoms with Crippen molar-refractivity contribution < 1.29 is 19.4 Å². The topological polar surface area (TPSA) is 66.8 Å². The molecule has 0 aliphatic carbocycles. The average molecular weight is 305 g/mol. The smallest absolute Gasteiger partial charge is 0.310 e. The number of amides is 1. The van der Waals surface area contributed by atoms with Crippen molar-refractivity contribution in [3.05, 3.63) is 35.4 Å². The monoisotopic (exact) mass is 305 g/mol. The number of aliphatic hydroxyl groups is 1. The number of carbonyl (C=O) groups is 2. The minimum absolute atomic E-state index is 0.0181. The number of nitrogens with zero attached hydrogens (tertiary/aromatic N) is 1. The zero-order chi connectivity index (χ0) is 16.1. The number of methoxy groups -OCH3 is 1. The van der Waals surface area contributed by atoms with Crippen LogP contribution in [0.5, 0.6) is 0 Å². The average Bonchev–Trinajstić information content (AvgIpc) is 2.54. The quantitative estimate of drug-likeness (QED) is 0.853. The SMILES string of the molecule is COC(=O)C1CC(c2ccc(CCO)cc2)CN(C(C)=O)C1. The molecule has 1 N–H and O–H groups in total. The Labute approximate surface area is 130 Å². The summed E-state index contributed by atoms with van der Waals surface area (Å²) in [6.45, 7) is 2.72. The molecule has 1 aliphatic rings. The van der Waals surface area contributed by atoms with Crippen molar-refractivity contribution in [1.29, 1.82) is 0 Å². The maximum Gasteiger partial charge on any atom is 0.310 e. The predicted octanol–water partition coefficient (Wildman–Crippen LogP) is 1.35. The lowest BCUT2D eigenvalue weighted by Crippen LogP contribution is -2.44. The number of likely N-dealkylation sites (tertiary alicyclic amines) is 1. The second-order valence-corrected chi connectivity index (χ2v) is 5.79. The second-order valence-electron chi connectivity index (χ2n) is 5.79. The van der Waals surface area contributed by atoms with Gasteiger partial charge in [-0.15, -0.1) is 0 Å². The van der Waals surface area contributed by atoms with Crippen molar-refractivity contribution in [2.24, 2.45) is 5.92 Å². The van der Waals surface area contributed by atoms with Crippen molar-refractivity contribution in [3.63, 3.8) is 0 Å². The first kappa shape index (κ1) is 16.5. The van der Waals surface area contributed by atoms with Gasteiger partial charge in [0.15, 0.2) is 0 Å². The largest absolute Gasteiger partial charge is 0.469 e. The standard InChI is InChI=1S/C17H23NO4/c1-12(20)18-10-15(9-16(11-18)17(21)22-2)14-5-3-13(4-6-14)7-8-19/h3-6,15-16,19H,7-11H2,1-2H3. The van der Waals surface area contributed by atoms with Crippen LogP contribution >= 0.6 is 0 Å². The van der Waals surface area contributed by atoms with Crippen LogP contribution in [0.25, 0.3) is 0 Å². The maximum absolute atomic E-state index is 11.9. The van der Waals surface area contributed by atoms with Crippen LogP contribution in [0.1, 0.15) is 30.4 Å². The van der Waals surface area contributed by atoms with Gasteiger partial charge in [0.2, 0.25) is 5.91 Å². The summed E-state index contributed by atoms with van der Waals surface area (Å²) in [5.74, 6) is -0.418. The van der Waals surface area contributed by atoms with E-state index in [9.17, 15) is 9.59 Å². The van der Waals surface area contributed by atoms with E-state index in [1.165, 1.54) is 14.0 Å². The summed E-state index contributed by atoms with van der Waals surface area (Å²) in [6, 6.07) is 8.03. The molecule has 5 nitrogen and oxygen atoms in total. The van der Waals surface area contributed by atoms with Gasteiger partial charge in [0.05, 0.1) is 13.0 Å². The van der Waals surface area contributed by atoms with Crippen molar-refractivity contribution in [2.75, 3.05) is 26.8 Å². The zero-order valence-corrected chi connectivity index (χ0v) is 13.1.